The lowest BCUT2D eigenvalue weighted by Gasteiger charge is -2.34. The van der Waals surface area contributed by atoms with Crippen LogP contribution >= 0.6 is 0 Å². The van der Waals surface area contributed by atoms with Crippen LogP contribution in [0.3, 0.4) is 0 Å². The maximum atomic E-state index is 13.0. The van der Waals surface area contributed by atoms with E-state index in [1.165, 1.54) is 11.1 Å². The molecule has 1 fully saturated rings. The fraction of sp³-hybridized carbons (Fsp3) is 0.300. The van der Waals surface area contributed by atoms with E-state index in [0.29, 0.717) is 6.04 Å². The molecule has 1 amide bonds. The third-order valence-electron chi connectivity index (χ3n) is 5.04. The SMILES string of the molecule is Cc1ccncc1C(=O)N1C2C=C(c3ccccc3)CC1CC2. The molecule has 3 nitrogen and oxygen atoms in total. The zero-order valence-corrected chi connectivity index (χ0v) is 13.3. The molecular formula is C20H20N2O. The minimum atomic E-state index is 0.131. The van der Waals surface area contributed by atoms with E-state index in [1.807, 2.05) is 19.1 Å². The molecule has 1 saturated heterocycles. The van der Waals surface area contributed by atoms with Crippen molar-refractivity contribution >= 4 is 11.5 Å². The molecule has 3 heteroatoms. The predicted octanol–water partition coefficient (Wildman–Crippen LogP) is 3.85. The van der Waals surface area contributed by atoms with Crippen molar-refractivity contribution in [2.45, 2.75) is 38.3 Å². The van der Waals surface area contributed by atoms with E-state index in [9.17, 15) is 4.79 Å². The highest BCUT2D eigenvalue weighted by Gasteiger charge is 2.40. The van der Waals surface area contributed by atoms with Crippen LogP contribution in [-0.2, 0) is 0 Å². The molecular weight excluding hydrogens is 284 g/mol. The molecule has 3 heterocycles. The second-order valence-electron chi connectivity index (χ2n) is 6.46. The van der Waals surface area contributed by atoms with Gasteiger partial charge in [0.1, 0.15) is 0 Å². The molecule has 23 heavy (non-hydrogen) atoms. The van der Waals surface area contributed by atoms with Gasteiger partial charge >= 0.3 is 0 Å². The van der Waals surface area contributed by atoms with Gasteiger partial charge in [0, 0.05) is 18.4 Å². The molecule has 1 aromatic carbocycles. The molecule has 0 radical (unpaired) electrons. The van der Waals surface area contributed by atoms with E-state index in [-0.39, 0.29) is 11.9 Å². The summed E-state index contributed by atoms with van der Waals surface area (Å²) in [5.41, 5.74) is 4.40. The molecule has 2 bridgehead atoms. The summed E-state index contributed by atoms with van der Waals surface area (Å²) in [7, 11) is 0. The number of hydrogen-bond acceptors (Lipinski definition) is 2. The Morgan fingerprint density at radius 3 is 2.74 bits per heavy atom. The largest absolute Gasteiger partial charge is 0.329 e. The number of carbonyl (C=O) groups excluding carboxylic acids is 1. The van der Waals surface area contributed by atoms with Gasteiger partial charge in [0.25, 0.3) is 5.91 Å². The minimum Gasteiger partial charge on any atom is -0.329 e. The molecule has 2 aliphatic heterocycles. The fourth-order valence-electron chi connectivity index (χ4n) is 3.84. The Morgan fingerprint density at radius 2 is 2.00 bits per heavy atom. The molecule has 2 unspecified atom stereocenters. The van der Waals surface area contributed by atoms with Crippen molar-refractivity contribution in [1.82, 2.24) is 9.88 Å². The van der Waals surface area contributed by atoms with Crippen LogP contribution < -0.4 is 0 Å². The third kappa shape index (κ3) is 2.46. The maximum Gasteiger partial charge on any atom is 0.256 e. The Bertz CT molecular complexity index is 766. The van der Waals surface area contributed by atoms with Crippen LogP contribution in [0, 0.1) is 6.92 Å². The molecule has 0 saturated carbocycles. The highest BCUT2D eigenvalue weighted by molar-refractivity contribution is 5.96. The van der Waals surface area contributed by atoms with E-state index >= 15 is 0 Å². The van der Waals surface area contributed by atoms with Crippen LogP contribution in [0.15, 0.2) is 54.9 Å². The average molecular weight is 304 g/mol. The van der Waals surface area contributed by atoms with Gasteiger partial charge < -0.3 is 4.90 Å². The van der Waals surface area contributed by atoms with Crippen molar-refractivity contribution in [3.63, 3.8) is 0 Å². The van der Waals surface area contributed by atoms with Gasteiger partial charge in [-0.25, -0.2) is 0 Å². The van der Waals surface area contributed by atoms with Crippen LogP contribution in [0.1, 0.15) is 40.7 Å². The summed E-state index contributed by atoms with van der Waals surface area (Å²) in [5.74, 6) is 0.131. The van der Waals surface area contributed by atoms with E-state index in [2.05, 4.69) is 40.2 Å². The number of carbonyl (C=O) groups is 1. The smallest absolute Gasteiger partial charge is 0.256 e. The second kappa shape index (κ2) is 5.65. The van der Waals surface area contributed by atoms with Gasteiger partial charge in [0.15, 0.2) is 0 Å². The number of nitrogens with zero attached hydrogens (tertiary/aromatic N) is 2. The van der Waals surface area contributed by atoms with Crippen molar-refractivity contribution < 1.29 is 4.79 Å². The summed E-state index contributed by atoms with van der Waals surface area (Å²) < 4.78 is 0. The van der Waals surface area contributed by atoms with E-state index in [4.69, 9.17) is 0 Å². The quantitative estimate of drug-likeness (QED) is 0.844. The summed E-state index contributed by atoms with van der Waals surface area (Å²) in [6, 6.07) is 13.0. The summed E-state index contributed by atoms with van der Waals surface area (Å²) in [4.78, 5) is 19.2. The summed E-state index contributed by atoms with van der Waals surface area (Å²) in [6.07, 6.45) is 8.83. The first-order chi connectivity index (χ1) is 11.2. The van der Waals surface area contributed by atoms with E-state index in [0.717, 1.165) is 30.4 Å². The van der Waals surface area contributed by atoms with Gasteiger partial charge in [0.05, 0.1) is 11.6 Å². The number of pyridine rings is 1. The standard InChI is InChI=1S/C20H20N2O/c1-14-9-10-21-13-19(14)20(23)22-17-7-8-18(22)12-16(11-17)15-5-3-2-4-6-15/h2-6,9-11,13,17-18H,7-8,12H2,1H3. The van der Waals surface area contributed by atoms with E-state index < -0.39 is 0 Å². The number of amides is 1. The molecule has 2 atom stereocenters. The molecule has 1 aromatic heterocycles. The Labute approximate surface area is 136 Å². The van der Waals surface area contributed by atoms with Gasteiger partial charge in [-0.2, -0.15) is 0 Å². The lowest BCUT2D eigenvalue weighted by atomic mass is 9.94. The first kappa shape index (κ1) is 14.2. The predicted molar refractivity (Wildman–Crippen MR) is 91.0 cm³/mol. The van der Waals surface area contributed by atoms with Crippen molar-refractivity contribution in [2.75, 3.05) is 0 Å². The fourth-order valence-corrected chi connectivity index (χ4v) is 3.84. The number of rotatable bonds is 2. The maximum absolute atomic E-state index is 13.0. The van der Waals surface area contributed by atoms with Gasteiger partial charge in [-0.1, -0.05) is 36.4 Å². The van der Waals surface area contributed by atoms with Crippen LogP contribution in [0.5, 0.6) is 0 Å². The highest BCUT2D eigenvalue weighted by Crippen LogP contribution is 2.39. The monoisotopic (exact) mass is 304 g/mol. The summed E-state index contributed by atoms with van der Waals surface area (Å²) >= 11 is 0. The lowest BCUT2D eigenvalue weighted by Crippen LogP contribution is -2.43. The van der Waals surface area contributed by atoms with Crippen molar-refractivity contribution in [3.05, 3.63) is 71.6 Å². The van der Waals surface area contributed by atoms with Crippen molar-refractivity contribution in [1.29, 1.82) is 0 Å². The zero-order valence-electron chi connectivity index (χ0n) is 13.3. The Hall–Kier alpha value is -2.42. The third-order valence-corrected chi connectivity index (χ3v) is 5.04. The molecule has 2 aromatic rings. The van der Waals surface area contributed by atoms with Gasteiger partial charge in [0.2, 0.25) is 0 Å². The van der Waals surface area contributed by atoms with E-state index in [1.54, 1.807) is 12.4 Å². The molecule has 4 rings (SSSR count). The number of aryl methyl sites for hydroxylation is 1. The lowest BCUT2D eigenvalue weighted by molar-refractivity contribution is 0.0691. The van der Waals surface area contributed by atoms with Gasteiger partial charge in [-0.05, 0) is 49.0 Å². The highest BCUT2D eigenvalue weighted by atomic mass is 16.2. The zero-order chi connectivity index (χ0) is 15.8. The van der Waals surface area contributed by atoms with Gasteiger partial charge in [-0.3, -0.25) is 9.78 Å². The molecule has 0 N–H and O–H groups in total. The number of benzene rings is 1. The van der Waals surface area contributed by atoms with Crippen LogP contribution in [0.4, 0.5) is 0 Å². The number of hydrogen-bond donors (Lipinski definition) is 0. The summed E-state index contributed by atoms with van der Waals surface area (Å²) in [6.45, 7) is 1.98. The Kier molecular flexibility index (Phi) is 3.49. The normalized spacial score (nSPS) is 22.8. The molecule has 0 aliphatic carbocycles. The Morgan fingerprint density at radius 1 is 1.17 bits per heavy atom. The number of aromatic nitrogens is 1. The minimum absolute atomic E-state index is 0.131. The first-order valence-electron chi connectivity index (χ1n) is 8.23. The van der Waals surface area contributed by atoms with Crippen molar-refractivity contribution in [2.24, 2.45) is 0 Å². The Balaban J connectivity index is 1.65. The first-order valence-corrected chi connectivity index (χ1v) is 8.23. The van der Waals surface area contributed by atoms with Gasteiger partial charge in [-0.15, -0.1) is 0 Å². The molecule has 0 spiro atoms. The summed E-state index contributed by atoms with van der Waals surface area (Å²) in [5, 5.41) is 0. The van der Waals surface area contributed by atoms with Crippen LogP contribution in [0.2, 0.25) is 0 Å². The molecule has 2 aliphatic rings. The second-order valence-corrected chi connectivity index (χ2v) is 6.46. The van der Waals surface area contributed by atoms with Crippen molar-refractivity contribution in [3.8, 4) is 0 Å². The average Bonchev–Trinajstić information content (AvgIpc) is 2.85. The van der Waals surface area contributed by atoms with Crippen LogP contribution in [-0.4, -0.2) is 27.9 Å². The van der Waals surface area contributed by atoms with Crippen LogP contribution in [0.25, 0.3) is 5.57 Å². The topological polar surface area (TPSA) is 33.2 Å². The number of fused-ring (bicyclic) bond motifs is 2. The molecule has 116 valence electrons.